The monoisotopic (exact) mass is 281 g/mol. The smallest absolute Gasteiger partial charge is 0.259 e. The molecular weight excluding hydrogens is 266 g/mol. The number of unbranched alkanes of at least 4 members (excludes halogenated alkanes) is 1. The number of rotatable bonds is 6. The van der Waals surface area contributed by atoms with Gasteiger partial charge in [0.25, 0.3) is 11.8 Å². The van der Waals surface area contributed by atoms with Crippen molar-refractivity contribution >= 4 is 29.6 Å². The molecule has 0 heterocycles. The minimum Gasteiger partial charge on any atom is -0.343 e. The van der Waals surface area contributed by atoms with Crippen LogP contribution in [0.3, 0.4) is 0 Å². The van der Waals surface area contributed by atoms with Crippen molar-refractivity contribution in [2.75, 3.05) is 6.54 Å². The maximum Gasteiger partial charge on any atom is 0.259 e. The third-order valence-electron chi connectivity index (χ3n) is 2.23. The minimum atomic E-state index is -0.390. The van der Waals surface area contributed by atoms with E-state index in [9.17, 15) is 9.59 Å². The fourth-order valence-corrected chi connectivity index (χ4v) is 1.47. The highest BCUT2D eigenvalue weighted by Gasteiger charge is 2.10. The number of carbonyl (C=O) groups excluding carboxylic acids is 2. The van der Waals surface area contributed by atoms with Gasteiger partial charge in [0.15, 0.2) is 0 Å². The lowest BCUT2D eigenvalue weighted by molar-refractivity contribution is -0.120. The van der Waals surface area contributed by atoms with Crippen LogP contribution in [0.2, 0.25) is 5.02 Å². The minimum absolute atomic E-state index is 0.145. The largest absolute Gasteiger partial charge is 0.343 e. The third kappa shape index (κ3) is 5.52. The van der Waals surface area contributed by atoms with Crippen molar-refractivity contribution < 1.29 is 9.59 Å². The molecule has 0 aliphatic rings. The molecule has 0 aliphatic carbocycles. The van der Waals surface area contributed by atoms with Crippen molar-refractivity contribution in [3.8, 4) is 0 Å². The second-order valence-electron chi connectivity index (χ2n) is 3.80. The highest BCUT2D eigenvalue weighted by Crippen LogP contribution is 2.14. The Morgan fingerprint density at radius 3 is 2.79 bits per heavy atom. The van der Waals surface area contributed by atoms with E-state index < -0.39 is 5.91 Å². The lowest BCUT2D eigenvalue weighted by Crippen LogP contribution is -2.35. The van der Waals surface area contributed by atoms with Crippen LogP contribution in [0.25, 0.3) is 0 Å². The van der Waals surface area contributed by atoms with Crippen LogP contribution in [0.1, 0.15) is 30.1 Å². The molecule has 6 heteroatoms. The highest BCUT2D eigenvalue weighted by molar-refractivity contribution is 6.33. The Morgan fingerprint density at radius 2 is 2.11 bits per heavy atom. The molecule has 1 rings (SSSR count). The van der Waals surface area contributed by atoms with Gasteiger partial charge in [-0.3, -0.25) is 9.59 Å². The van der Waals surface area contributed by atoms with Crippen molar-refractivity contribution in [3.63, 3.8) is 0 Å². The second kappa shape index (κ2) is 8.26. The van der Waals surface area contributed by atoms with Crippen LogP contribution in [-0.2, 0) is 4.79 Å². The van der Waals surface area contributed by atoms with Gasteiger partial charge in [0.1, 0.15) is 0 Å². The van der Waals surface area contributed by atoms with Gasteiger partial charge in [-0.05, 0) is 18.6 Å². The maximum atomic E-state index is 11.7. The summed E-state index contributed by atoms with van der Waals surface area (Å²) >= 11 is 5.87. The van der Waals surface area contributed by atoms with E-state index in [0.717, 1.165) is 12.8 Å². The van der Waals surface area contributed by atoms with Crippen LogP contribution >= 0.6 is 11.6 Å². The highest BCUT2D eigenvalue weighted by atomic mass is 35.5. The van der Waals surface area contributed by atoms with E-state index in [0.29, 0.717) is 10.6 Å². The predicted molar refractivity (Wildman–Crippen MR) is 75.3 cm³/mol. The van der Waals surface area contributed by atoms with E-state index in [4.69, 9.17) is 11.6 Å². The Kier molecular flexibility index (Phi) is 6.60. The van der Waals surface area contributed by atoms with Crippen LogP contribution in [0.5, 0.6) is 0 Å². The normalized spacial score (nSPS) is 10.4. The van der Waals surface area contributed by atoms with Crippen molar-refractivity contribution in [2.24, 2.45) is 5.10 Å². The van der Waals surface area contributed by atoms with Crippen LogP contribution in [0, 0.1) is 0 Å². The SMILES string of the molecule is CCC/C=N\NC(=O)CNC(=O)c1ccccc1Cl. The van der Waals surface area contributed by atoms with Gasteiger partial charge < -0.3 is 5.32 Å². The van der Waals surface area contributed by atoms with Gasteiger partial charge in [-0.25, -0.2) is 5.43 Å². The standard InChI is InChI=1S/C13H16ClN3O2/c1-2-3-8-16-17-12(18)9-15-13(19)10-6-4-5-7-11(10)14/h4-8H,2-3,9H2,1H3,(H,15,19)(H,17,18)/b16-8-. The summed E-state index contributed by atoms with van der Waals surface area (Å²) in [5.74, 6) is -0.772. The molecule has 0 aromatic heterocycles. The number of nitrogens with one attached hydrogen (secondary N) is 2. The Morgan fingerprint density at radius 1 is 1.37 bits per heavy atom. The first-order valence-electron chi connectivity index (χ1n) is 5.98. The van der Waals surface area contributed by atoms with Crippen molar-refractivity contribution in [1.82, 2.24) is 10.7 Å². The van der Waals surface area contributed by atoms with E-state index in [-0.39, 0.29) is 12.5 Å². The number of hydrogen-bond donors (Lipinski definition) is 2. The number of amides is 2. The van der Waals surface area contributed by atoms with E-state index in [1.807, 2.05) is 6.92 Å². The summed E-state index contributed by atoms with van der Waals surface area (Å²) in [6, 6.07) is 6.64. The molecule has 0 bridgehead atoms. The quantitative estimate of drug-likeness (QED) is 0.618. The molecule has 0 aliphatic heterocycles. The van der Waals surface area contributed by atoms with E-state index in [2.05, 4.69) is 15.8 Å². The summed E-state index contributed by atoms with van der Waals surface area (Å²) in [5.41, 5.74) is 2.66. The number of benzene rings is 1. The molecule has 102 valence electrons. The Balaban J connectivity index is 2.38. The van der Waals surface area contributed by atoms with Crippen molar-refractivity contribution in [2.45, 2.75) is 19.8 Å². The van der Waals surface area contributed by atoms with Gasteiger partial charge >= 0.3 is 0 Å². The summed E-state index contributed by atoms with van der Waals surface area (Å²) in [5, 5.41) is 6.55. The molecule has 5 nitrogen and oxygen atoms in total. The number of hydrazone groups is 1. The average Bonchev–Trinajstić information content (AvgIpc) is 2.41. The lowest BCUT2D eigenvalue weighted by Gasteiger charge is -2.05. The zero-order chi connectivity index (χ0) is 14.1. The first-order chi connectivity index (χ1) is 9.15. The predicted octanol–water partition coefficient (Wildman–Crippen LogP) is 1.97. The second-order valence-corrected chi connectivity index (χ2v) is 4.21. The number of nitrogens with zero attached hydrogens (tertiary/aromatic N) is 1. The molecule has 0 fully saturated rings. The summed E-state index contributed by atoms with van der Waals surface area (Å²) in [6.07, 6.45) is 3.38. The van der Waals surface area contributed by atoms with E-state index in [1.54, 1.807) is 30.5 Å². The van der Waals surface area contributed by atoms with E-state index >= 15 is 0 Å². The molecular formula is C13H16ClN3O2. The molecule has 0 atom stereocenters. The Hall–Kier alpha value is -1.88. The molecule has 1 aromatic carbocycles. The summed E-state index contributed by atoms with van der Waals surface area (Å²) in [4.78, 5) is 23.1. The first-order valence-corrected chi connectivity index (χ1v) is 6.36. The van der Waals surface area contributed by atoms with E-state index in [1.165, 1.54) is 0 Å². The fourth-order valence-electron chi connectivity index (χ4n) is 1.25. The third-order valence-corrected chi connectivity index (χ3v) is 2.56. The van der Waals surface area contributed by atoms with Gasteiger partial charge in [-0.1, -0.05) is 37.1 Å². The van der Waals surface area contributed by atoms with Gasteiger partial charge in [0.2, 0.25) is 0 Å². The van der Waals surface area contributed by atoms with Crippen LogP contribution < -0.4 is 10.7 Å². The lowest BCUT2D eigenvalue weighted by atomic mass is 10.2. The Bertz CT molecular complexity index is 475. The van der Waals surface area contributed by atoms with Gasteiger partial charge in [0.05, 0.1) is 17.1 Å². The molecule has 1 aromatic rings. The fraction of sp³-hybridized carbons (Fsp3) is 0.308. The average molecular weight is 282 g/mol. The van der Waals surface area contributed by atoms with Crippen LogP contribution in [-0.4, -0.2) is 24.6 Å². The summed E-state index contributed by atoms with van der Waals surface area (Å²) in [7, 11) is 0. The molecule has 2 amide bonds. The summed E-state index contributed by atoms with van der Waals surface area (Å²) < 4.78 is 0. The van der Waals surface area contributed by atoms with Crippen molar-refractivity contribution in [3.05, 3.63) is 34.9 Å². The van der Waals surface area contributed by atoms with Crippen LogP contribution in [0.4, 0.5) is 0 Å². The maximum absolute atomic E-state index is 11.7. The summed E-state index contributed by atoms with van der Waals surface area (Å²) in [6.45, 7) is 1.87. The van der Waals surface area contributed by atoms with Crippen LogP contribution in [0.15, 0.2) is 29.4 Å². The van der Waals surface area contributed by atoms with Gasteiger partial charge in [-0.15, -0.1) is 0 Å². The number of hydrogen-bond acceptors (Lipinski definition) is 3. The number of carbonyl (C=O) groups is 2. The molecule has 2 N–H and O–H groups in total. The van der Waals surface area contributed by atoms with Gasteiger partial charge in [0, 0.05) is 6.21 Å². The molecule has 0 spiro atoms. The molecule has 0 radical (unpaired) electrons. The molecule has 0 saturated heterocycles. The molecule has 19 heavy (non-hydrogen) atoms. The van der Waals surface area contributed by atoms with Gasteiger partial charge in [-0.2, -0.15) is 5.10 Å². The Labute approximate surface area is 117 Å². The van der Waals surface area contributed by atoms with Crippen molar-refractivity contribution in [1.29, 1.82) is 0 Å². The molecule has 0 unspecified atom stereocenters. The topological polar surface area (TPSA) is 70.6 Å². The molecule has 0 saturated carbocycles. The zero-order valence-corrected chi connectivity index (χ0v) is 11.4. The number of halogens is 1. The first kappa shape index (κ1) is 15.2. The zero-order valence-electron chi connectivity index (χ0n) is 10.6.